The van der Waals surface area contributed by atoms with E-state index in [4.69, 9.17) is 9.47 Å². The van der Waals surface area contributed by atoms with Crippen molar-refractivity contribution >= 4 is 5.96 Å². The van der Waals surface area contributed by atoms with E-state index < -0.39 is 0 Å². The van der Waals surface area contributed by atoms with Crippen LogP contribution < -0.4 is 10.6 Å². The highest BCUT2D eigenvalue weighted by molar-refractivity contribution is 5.79. The number of unbranched alkanes of at least 4 members (excludes halogenated alkanes) is 1. The number of nitrogens with one attached hydrogen (secondary N) is 2. The topological polar surface area (TPSA) is 58.1 Å². The third-order valence-electron chi connectivity index (χ3n) is 4.43. The van der Waals surface area contributed by atoms with Crippen molar-refractivity contribution in [1.82, 2.24) is 15.5 Å². The van der Waals surface area contributed by atoms with E-state index in [9.17, 15) is 0 Å². The van der Waals surface area contributed by atoms with Crippen molar-refractivity contribution in [2.75, 3.05) is 66.2 Å². The molecule has 6 nitrogen and oxygen atoms in total. The highest BCUT2D eigenvalue weighted by atomic mass is 16.5. The smallest absolute Gasteiger partial charge is 0.191 e. The number of rotatable bonds is 13. The molecule has 6 heteroatoms. The van der Waals surface area contributed by atoms with E-state index in [0.717, 1.165) is 44.5 Å². The summed E-state index contributed by atoms with van der Waals surface area (Å²) in [5, 5.41) is 6.75. The van der Waals surface area contributed by atoms with E-state index in [1.165, 1.54) is 45.3 Å². The Morgan fingerprint density at radius 1 is 1.16 bits per heavy atom. The lowest BCUT2D eigenvalue weighted by molar-refractivity contribution is 0.0702. The summed E-state index contributed by atoms with van der Waals surface area (Å²) >= 11 is 0. The van der Waals surface area contributed by atoms with Gasteiger partial charge in [0.25, 0.3) is 0 Å². The molecule has 0 aliphatic carbocycles. The maximum Gasteiger partial charge on any atom is 0.191 e. The van der Waals surface area contributed by atoms with Crippen LogP contribution in [-0.2, 0) is 9.47 Å². The second kappa shape index (κ2) is 15.4. The van der Waals surface area contributed by atoms with Gasteiger partial charge in [0, 0.05) is 39.9 Å². The van der Waals surface area contributed by atoms with Gasteiger partial charge in [-0.05, 0) is 58.0 Å². The molecular formula is C19H40N4O2. The summed E-state index contributed by atoms with van der Waals surface area (Å²) in [5.74, 6) is 1.80. The number of hydrogen-bond acceptors (Lipinski definition) is 4. The Kier molecular flexibility index (Phi) is 13.7. The fraction of sp³-hybridized carbons (Fsp3) is 0.947. The lowest BCUT2D eigenvalue weighted by Crippen LogP contribution is -2.38. The molecule has 148 valence electrons. The minimum Gasteiger partial charge on any atom is -0.382 e. The van der Waals surface area contributed by atoms with Crippen LogP contribution in [0.1, 0.15) is 46.0 Å². The number of aliphatic imine (C=N–C) groups is 1. The second-order valence-corrected chi connectivity index (χ2v) is 6.90. The molecule has 1 unspecified atom stereocenters. The van der Waals surface area contributed by atoms with Crippen LogP contribution in [0.3, 0.4) is 0 Å². The lowest BCUT2D eigenvalue weighted by Gasteiger charge is -2.30. The molecule has 0 aromatic carbocycles. The minimum absolute atomic E-state index is 0.657. The number of nitrogens with zero attached hydrogens (tertiary/aromatic N) is 2. The fourth-order valence-electron chi connectivity index (χ4n) is 3.10. The molecule has 1 rings (SSSR count). The Morgan fingerprint density at radius 2 is 2.04 bits per heavy atom. The summed E-state index contributed by atoms with van der Waals surface area (Å²) in [5.41, 5.74) is 0. The summed E-state index contributed by atoms with van der Waals surface area (Å²) < 4.78 is 10.4. The Balaban J connectivity index is 2.06. The maximum absolute atomic E-state index is 5.45. The number of hydrogen-bond donors (Lipinski definition) is 2. The first-order chi connectivity index (χ1) is 12.3. The van der Waals surface area contributed by atoms with Gasteiger partial charge in [0.15, 0.2) is 5.96 Å². The van der Waals surface area contributed by atoms with E-state index in [1.807, 2.05) is 0 Å². The Hall–Kier alpha value is -0.850. The summed E-state index contributed by atoms with van der Waals surface area (Å²) in [6, 6.07) is 0. The van der Waals surface area contributed by atoms with Crippen molar-refractivity contribution in [2.45, 2.75) is 46.0 Å². The molecule has 0 bridgehead atoms. The van der Waals surface area contributed by atoms with Crippen LogP contribution in [-0.4, -0.2) is 77.1 Å². The van der Waals surface area contributed by atoms with Crippen LogP contribution in [0.5, 0.6) is 0 Å². The van der Waals surface area contributed by atoms with Crippen LogP contribution in [0.15, 0.2) is 4.99 Å². The number of piperidine rings is 1. The largest absolute Gasteiger partial charge is 0.382 e. The molecule has 0 amide bonds. The van der Waals surface area contributed by atoms with E-state index in [0.29, 0.717) is 13.2 Å². The minimum atomic E-state index is 0.657. The van der Waals surface area contributed by atoms with E-state index in [1.54, 1.807) is 7.11 Å². The summed E-state index contributed by atoms with van der Waals surface area (Å²) in [6.07, 6.45) is 6.15. The van der Waals surface area contributed by atoms with Crippen molar-refractivity contribution in [3.8, 4) is 0 Å². The van der Waals surface area contributed by atoms with Crippen molar-refractivity contribution in [1.29, 1.82) is 0 Å². The van der Waals surface area contributed by atoms with Crippen LogP contribution in [0.25, 0.3) is 0 Å². The van der Waals surface area contributed by atoms with Gasteiger partial charge >= 0.3 is 0 Å². The molecule has 0 saturated carbocycles. The molecule has 1 aliphatic rings. The van der Waals surface area contributed by atoms with Gasteiger partial charge in [0.1, 0.15) is 0 Å². The van der Waals surface area contributed by atoms with Crippen LogP contribution in [0, 0.1) is 5.92 Å². The number of likely N-dealkylation sites (tertiary alicyclic amines) is 1. The van der Waals surface area contributed by atoms with Crippen molar-refractivity contribution in [2.24, 2.45) is 10.9 Å². The van der Waals surface area contributed by atoms with Crippen molar-refractivity contribution in [3.63, 3.8) is 0 Å². The van der Waals surface area contributed by atoms with Crippen LogP contribution >= 0.6 is 0 Å². The van der Waals surface area contributed by atoms with Gasteiger partial charge in [0.05, 0.1) is 13.2 Å². The van der Waals surface area contributed by atoms with Gasteiger partial charge < -0.3 is 25.0 Å². The molecule has 1 heterocycles. The number of guanidine groups is 1. The van der Waals surface area contributed by atoms with E-state index >= 15 is 0 Å². The molecule has 1 fully saturated rings. The fourth-order valence-corrected chi connectivity index (χ4v) is 3.10. The Morgan fingerprint density at radius 3 is 2.80 bits per heavy atom. The standard InChI is InChI=1S/C19H40N4O2/c1-4-20-19(22-11-8-14-25-16-15-24-3)21-10-5-6-12-23-13-7-9-18(2)17-23/h18H,4-17H2,1-3H3,(H2,20,21,22). The maximum atomic E-state index is 5.45. The first-order valence-electron chi connectivity index (χ1n) is 10.1. The summed E-state index contributed by atoms with van der Waals surface area (Å²) in [4.78, 5) is 7.22. The van der Waals surface area contributed by atoms with Crippen LogP contribution in [0.4, 0.5) is 0 Å². The third kappa shape index (κ3) is 12.2. The summed E-state index contributed by atoms with van der Waals surface area (Å²) in [6.45, 7) is 13.0. The quantitative estimate of drug-likeness (QED) is 0.301. The van der Waals surface area contributed by atoms with Crippen molar-refractivity contribution in [3.05, 3.63) is 0 Å². The van der Waals surface area contributed by atoms with Crippen LogP contribution in [0.2, 0.25) is 0 Å². The SMILES string of the molecule is CCNC(=NCCCOCCOC)NCCCCN1CCCC(C)C1. The highest BCUT2D eigenvalue weighted by Crippen LogP contribution is 2.15. The zero-order chi connectivity index (χ0) is 18.2. The molecule has 2 N–H and O–H groups in total. The van der Waals surface area contributed by atoms with Gasteiger partial charge in [-0.1, -0.05) is 6.92 Å². The zero-order valence-electron chi connectivity index (χ0n) is 16.7. The normalized spacial score (nSPS) is 19.2. The molecule has 0 aromatic heterocycles. The molecule has 0 spiro atoms. The van der Waals surface area contributed by atoms with E-state index in [2.05, 4.69) is 34.4 Å². The molecule has 25 heavy (non-hydrogen) atoms. The predicted octanol–water partition coefficient (Wildman–Crippen LogP) is 2.11. The number of ether oxygens (including phenoxy) is 2. The monoisotopic (exact) mass is 356 g/mol. The summed E-state index contributed by atoms with van der Waals surface area (Å²) in [7, 11) is 1.69. The average molecular weight is 357 g/mol. The Labute approximate surface area is 154 Å². The third-order valence-corrected chi connectivity index (χ3v) is 4.43. The van der Waals surface area contributed by atoms with Gasteiger partial charge in [-0.25, -0.2) is 0 Å². The zero-order valence-corrected chi connectivity index (χ0v) is 16.7. The average Bonchev–Trinajstić information content (AvgIpc) is 2.60. The van der Waals surface area contributed by atoms with Gasteiger partial charge in [-0.15, -0.1) is 0 Å². The Bertz CT molecular complexity index is 339. The molecule has 1 aliphatic heterocycles. The van der Waals surface area contributed by atoms with Gasteiger partial charge in [-0.3, -0.25) is 4.99 Å². The lowest BCUT2D eigenvalue weighted by atomic mass is 10.0. The first kappa shape index (κ1) is 22.2. The molecule has 0 radical (unpaired) electrons. The van der Waals surface area contributed by atoms with Gasteiger partial charge in [0.2, 0.25) is 0 Å². The first-order valence-corrected chi connectivity index (χ1v) is 10.1. The molecule has 1 saturated heterocycles. The highest BCUT2D eigenvalue weighted by Gasteiger charge is 2.15. The molecule has 0 aromatic rings. The number of methoxy groups -OCH3 is 1. The predicted molar refractivity (Wildman–Crippen MR) is 105 cm³/mol. The molecule has 1 atom stereocenters. The molecular weight excluding hydrogens is 316 g/mol. The van der Waals surface area contributed by atoms with Crippen molar-refractivity contribution < 1.29 is 9.47 Å². The van der Waals surface area contributed by atoms with E-state index in [-0.39, 0.29) is 0 Å². The van der Waals surface area contributed by atoms with Gasteiger partial charge in [-0.2, -0.15) is 0 Å². The second-order valence-electron chi connectivity index (χ2n) is 6.90.